The molecule has 1 saturated heterocycles. The first-order valence-corrected chi connectivity index (χ1v) is 5.86. The third-order valence-electron chi connectivity index (χ3n) is 2.57. The Hall–Kier alpha value is -0.620. The fourth-order valence-corrected chi connectivity index (χ4v) is 2.29. The number of aliphatic hydroxyl groups excluding tert-OH is 1. The van der Waals surface area contributed by atoms with Crippen LogP contribution >= 0.6 is 23.7 Å². The Labute approximate surface area is 104 Å². The van der Waals surface area contributed by atoms with Gasteiger partial charge in [-0.25, -0.2) is 0 Å². The first kappa shape index (κ1) is 13.4. The van der Waals surface area contributed by atoms with Crippen LogP contribution < -0.4 is 10.6 Å². The fourth-order valence-electron chi connectivity index (χ4n) is 1.65. The molecule has 0 spiro atoms. The van der Waals surface area contributed by atoms with Crippen LogP contribution in [0.2, 0.25) is 0 Å². The molecule has 16 heavy (non-hydrogen) atoms. The number of nitrogens with one attached hydrogen (secondary N) is 2. The molecule has 0 saturated carbocycles. The van der Waals surface area contributed by atoms with E-state index < -0.39 is 0 Å². The molecule has 4 nitrogen and oxygen atoms in total. The van der Waals surface area contributed by atoms with Gasteiger partial charge in [-0.15, -0.1) is 23.7 Å². The number of carbonyl (C=O) groups is 1. The molecule has 0 aliphatic carbocycles. The lowest BCUT2D eigenvalue weighted by Gasteiger charge is -2.13. The van der Waals surface area contributed by atoms with Crippen molar-refractivity contribution in [3.8, 4) is 0 Å². The Morgan fingerprint density at radius 1 is 1.62 bits per heavy atom. The van der Waals surface area contributed by atoms with Crippen molar-refractivity contribution in [3.05, 3.63) is 22.4 Å². The molecule has 3 N–H and O–H groups in total. The topological polar surface area (TPSA) is 61.4 Å². The molecular weight excluding hydrogens is 248 g/mol. The van der Waals surface area contributed by atoms with E-state index in [4.69, 9.17) is 0 Å². The minimum absolute atomic E-state index is 0. The molecule has 1 fully saturated rings. The number of hydrogen-bond acceptors (Lipinski definition) is 4. The van der Waals surface area contributed by atoms with Gasteiger partial charge in [0.25, 0.3) is 5.91 Å². The second-order valence-electron chi connectivity index (χ2n) is 3.67. The third kappa shape index (κ3) is 3.18. The van der Waals surface area contributed by atoms with Crippen molar-refractivity contribution in [3.63, 3.8) is 0 Å². The Bertz CT molecular complexity index is 332. The van der Waals surface area contributed by atoms with Crippen LogP contribution in [0.4, 0.5) is 0 Å². The van der Waals surface area contributed by atoms with Gasteiger partial charge < -0.3 is 15.7 Å². The van der Waals surface area contributed by atoms with Crippen LogP contribution in [0.25, 0.3) is 0 Å². The molecule has 1 aliphatic rings. The lowest BCUT2D eigenvalue weighted by molar-refractivity contribution is 0.0931. The summed E-state index contributed by atoms with van der Waals surface area (Å²) < 4.78 is 0. The largest absolute Gasteiger partial charge is 0.391 e. The molecule has 1 aromatic rings. The minimum Gasteiger partial charge on any atom is -0.391 e. The number of halogens is 1. The van der Waals surface area contributed by atoms with Crippen LogP contribution in [0.15, 0.2) is 17.5 Å². The predicted molar refractivity (Wildman–Crippen MR) is 66.3 cm³/mol. The summed E-state index contributed by atoms with van der Waals surface area (Å²) in [7, 11) is 0. The Balaban J connectivity index is 0.00000128. The van der Waals surface area contributed by atoms with Gasteiger partial charge in [0.2, 0.25) is 0 Å². The van der Waals surface area contributed by atoms with E-state index in [1.807, 2.05) is 11.4 Å². The fraction of sp³-hybridized carbons (Fsp3) is 0.500. The van der Waals surface area contributed by atoms with E-state index in [2.05, 4.69) is 10.6 Å². The Kier molecular flexibility index (Phi) is 5.21. The van der Waals surface area contributed by atoms with E-state index in [1.54, 1.807) is 6.07 Å². The van der Waals surface area contributed by atoms with Gasteiger partial charge >= 0.3 is 0 Å². The number of rotatable bonds is 3. The normalized spacial score (nSPS) is 23.8. The van der Waals surface area contributed by atoms with Crippen LogP contribution in [0.1, 0.15) is 9.67 Å². The summed E-state index contributed by atoms with van der Waals surface area (Å²) >= 11 is 1.42. The molecule has 2 rings (SSSR count). The first-order valence-electron chi connectivity index (χ1n) is 4.98. The van der Waals surface area contributed by atoms with Gasteiger partial charge in [0.05, 0.1) is 11.0 Å². The molecular formula is C10H15ClN2O2S. The lowest BCUT2D eigenvalue weighted by atomic mass is 10.1. The van der Waals surface area contributed by atoms with Gasteiger partial charge in [-0.1, -0.05) is 6.07 Å². The molecule has 2 heterocycles. The van der Waals surface area contributed by atoms with E-state index in [1.165, 1.54) is 11.3 Å². The second-order valence-corrected chi connectivity index (χ2v) is 4.62. The van der Waals surface area contributed by atoms with Crippen molar-refractivity contribution in [2.45, 2.75) is 6.10 Å². The highest BCUT2D eigenvalue weighted by Gasteiger charge is 2.25. The van der Waals surface area contributed by atoms with Gasteiger partial charge in [0.15, 0.2) is 0 Å². The van der Waals surface area contributed by atoms with E-state index in [9.17, 15) is 9.90 Å². The molecule has 1 aromatic heterocycles. The highest BCUT2D eigenvalue weighted by atomic mass is 35.5. The minimum atomic E-state index is -0.339. The van der Waals surface area contributed by atoms with Crippen molar-refractivity contribution in [2.24, 2.45) is 5.92 Å². The molecule has 90 valence electrons. The van der Waals surface area contributed by atoms with Gasteiger partial charge in [-0.05, 0) is 11.4 Å². The zero-order valence-electron chi connectivity index (χ0n) is 8.68. The number of aliphatic hydroxyl groups is 1. The maximum Gasteiger partial charge on any atom is 0.261 e. The van der Waals surface area contributed by atoms with Crippen molar-refractivity contribution in [1.29, 1.82) is 0 Å². The molecule has 1 amide bonds. The molecule has 0 radical (unpaired) electrons. The summed E-state index contributed by atoms with van der Waals surface area (Å²) in [5.41, 5.74) is 0. The van der Waals surface area contributed by atoms with E-state index in [0.717, 1.165) is 11.4 Å². The summed E-state index contributed by atoms with van der Waals surface area (Å²) in [5.74, 6) is 0.0815. The van der Waals surface area contributed by atoms with E-state index in [-0.39, 0.29) is 30.3 Å². The average molecular weight is 263 g/mol. The SMILES string of the molecule is Cl.O=C(NCC1CNCC1O)c1cccs1. The maximum atomic E-state index is 11.6. The van der Waals surface area contributed by atoms with Crippen molar-refractivity contribution < 1.29 is 9.90 Å². The maximum absolute atomic E-state index is 11.6. The average Bonchev–Trinajstić information content (AvgIpc) is 2.85. The van der Waals surface area contributed by atoms with Crippen LogP contribution in [0.5, 0.6) is 0 Å². The van der Waals surface area contributed by atoms with Crippen molar-refractivity contribution in [2.75, 3.05) is 19.6 Å². The number of thiophene rings is 1. The van der Waals surface area contributed by atoms with E-state index >= 15 is 0 Å². The molecule has 0 aromatic carbocycles. The Morgan fingerprint density at radius 2 is 2.44 bits per heavy atom. The van der Waals surface area contributed by atoms with E-state index in [0.29, 0.717) is 13.1 Å². The molecule has 2 atom stereocenters. The summed E-state index contributed by atoms with van der Waals surface area (Å²) in [5, 5.41) is 17.3. The second kappa shape index (κ2) is 6.20. The smallest absolute Gasteiger partial charge is 0.261 e. The highest BCUT2D eigenvalue weighted by molar-refractivity contribution is 7.12. The van der Waals surface area contributed by atoms with Crippen LogP contribution in [0.3, 0.4) is 0 Å². The number of β-amino-alcohol motifs (C(OH)–C–C–N with tert-alkyl or cyclic N) is 1. The monoisotopic (exact) mass is 262 g/mol. The van der Waals surface area contributed by atoms with Crippen LogP contribution in [-0.4, -0.2) is 36.8 Å². The third-order valence-corrected chi connectivity index (χ3v) is 3.44. The summed E-state index contributed by atoms with van der Waals surface area (Å²) in [6.07, 6.45) is -0.339. The highest BCUT2D eigenvalue weighted by Crippen LogP contribution is 2.10. The molecule has 0 bridgehead atoms. The van der Waals surface area contributed by atoms with Gasteiger partial charge in [-0.2, -0.15) is 0 Å². The Morgan fingerprint density at radius 3 is 3.00 bits per heavy atom. The van der Waals surface area contributed by atoms with Gasteiger partial charge in [-0.3, -0.25) is 4.79 Å². The standard InChI is InChI=1S/C10H14N2O2S.ClH/c13-8-6-11-4-7(8)5-12-10(14)9-2-1-3-15-9;/h1-3,7-8,11,13H,4-6H2,(H,12,14);1H. The molecule has 2 unspecified atom stereocenters. The number of amides is 1. The predicted octanol–water partition coefficient (Wildman–Crippen LogP) is 0.480. The summed E-state index contributed by atoms with van der Waals surface area (Å²) in [6.45, 7) is 1.93. The van der Waals surface area contributed by atoms with Gasteiger partial charge in [0.1, 0.15) is 0 Å². The summed E-state index contributed by atoms with van der Waals surface area (Å²) in [4.78, 5) is 12.3. The number of hydrogen-bond donors (Lipinski definition) is 3. The zero-order chi connectivity index (χ0) is 10.7. The molecule has 1 aliphatic heterocycles. The van der Waals surface area contributed by atoms with Crippen molar-refractivity contribution >= 4 is 29.7 Å². The summed E-state index contributed by atoms with van der Waals surface area (Å²) in [6, 6.07) is 3.65. The number of carbonyl (C=O) groups excluding carboxylic acids is 1. The molecule has 6 heteroatoms. The van der Waals surface area contributed by atoms with Crippen molar-refractivity contribution in [1.82, 2.24) is 10.6 Å². The van der Waals surface area contributed by atoms with Gasteiger partial charge in [0, 0.05) is 25.6 Å². The quantitative estimate of drug-likeness (QED) is 0.743. The zero-order valence-corrected chi connectivity index (χ0v) is 10.3. The van der Waals surface area contributed by atoms with Crippen LogP contribution in [0, 0.1) is 5.92 Å². The first-order chi connectivity index (χ1) is 7.27. The van der Waals surface area contributed by atoms with Crippen LogP contribution in [-0.2, 0) is 0 Å². The lowest BCUT2D eigenvalue weighted by Crippen LogP contribution is -2.33.